The lowest BCUT2D eigenvalue weighted by atomic mass is 10.0. The number of nitrogens with one attached hydrogen (secondary N) is 1. The van der Waals surface area contributed by atoms with E-state index in [1.54, 1.807) is 0 Å². The lowest BCUT2D eigenvalue weighted by molar-refractivity contribution is 0.313. The highest BCUT2D eigenvalue weighted by molar-refractivity contribution is 14.0. The molecular weight excluding hydrogens is 387 g/mol. The van der Waals surface area contributed by atoms with Crippen molar-refractivity contribution in [2.45, 2.75) is 40.5 Å². The van der Waals surface area contributed by atoms with Crippen molar-refractivity contribution < 1.29 is 0 Å². The van der Waals surface area contributed by atoms with E-state index in [4.69, 9.17) is 5.73 Å². The van der Waals surface area contributed by atoms with Crippen LogP contribution >= 0.6 is 24.0 Å². The molecule has 0 bridgehead atoms. The van der Waals surface area contributed by atoms with Crippen LogP contribution in [0.3, 0.4) is 0 Å². The van der Waals surface area contributed by atoms with E-state index in [0.717, 1.165) is 44.7 Å². The molecule has 0 unspecified atom stereocenters. The molecule has 3 N–H and O–H groups in total. The molecule has 0 atom stereocenters. The lowest BCUT2D eigenvalue weighted by Crippen LogP contribution is -2.28. The molecule has 0 saturated carbocycles. The van der Waals surface area contributed by atoms with Gasteiger partial charge >= 0.3 is 0 Å². The zero-order valence-electron chi connectivity index (χ0n) is 14.4. The summed E-state index contributed by atoms with van der Waals surface area (Å²) in [4.78, 5) is 6.79. The summed E-state index contributed by atoms with van der Waals surface area (Å²) in [6, 6.07) is 6.39. The van der Waals surface area contributed by atoms with E-state index in [9.17, 15) is 0 Å². The van der Waals surface area contributed by atoms with Crippen LogP contribution in [0.2, 0.25) is 0 Å². The third kappa shape index (κ3) is 6.52. The first-order valence-electron chi connectivity index (χ1n) is 8.06. The topological polar surface area (TPSA) is 53.6 Å². The van der Waals surface area contributed by atoms with Gasteiger partial charge in [-0.1, -0.05) is 45.9 Å². The number of para-hydroxylation sites is 1. The summed E-state index contributed by atoms with van der Waals surface area (Å²) in [6.45, 7) is 12.4. The minimum Gasteiger partial charge on any atom is -0.370 e. The molecule has 0 fully saturated rings. The van der Waals surface area contributed by atoms with E-state index in [1.165, 1.54) is 11.1 Å². The molecule has 0 saturated heterocycles. The summed E-state index contributed by atoms with van der Waals surface area (Å²) in [5.41, 5.74) is 9.75. The van der Waals surface area contributed by atoms with Crippen LogP contribution in [0.25, 0.3) is 0 Å². The number of benzene rings is 1. The van der Waals surface area contributed by atoms with Crippen LogP contribution in [-0.4, -0.2) is 37.0 Å². The van der Waals surface area contributed by atoms with Gasteiger partial charge in [-0.15, -0.1) is 24.0 Å². The fourth-order valence-corrected chi connectivity index (χ4v) is 2.42. The molecule has 0 radical (unpaired) electrons. The van der Waals surface area contributed by atoms with Crippen LogP contribution in [0.5, 0.6) is 0 Å². The number of nitrogens with two attached hydrogens (primary N) is 1. The van der Waals surface area contributed by atoms with Crippen molar-refractivity contribution in [2.75, 3.05) is 31.5 Å². The minimum atomic E-state index is 0. The summed E-state index contributed by atoms with van der Waals surface area (Å²) in [5, 5.41) is 3.30. The van der Waals surface area contributed by atoms with Crippen molar-refractivity contribution in [3.05, 3.63) is 29.3 Å². The Morgan fingerprint density at radius 2 is 1.64 bits per heavy atom. The molecule has 0 aliphatic rings. The molecule has 22 heavy (non-hydrogen) atoms. The van der Waals surface area contributed by atoms with Crippen molar-refractivity contribution in [3.8, 4) is 0 Å². The van der Waals surface area contributed by atoms with Crippen molar-refractivity contribution in [1.82, 2.24) is 4.90 Å². The minimum absolute atomic E-state index is 0. The van der Waals surface area contributed by atoms with E-state index in [-0.39, 0.29) is 24.0 Å². The van der Waals surface area contributed by atoms with Gasteiger partial charge in [-0.3, -0.25) is 4.99 Å². The number of anilines is 1. The van der Waals surface area contributed by atoms with Crippen molar-refractivity contribution >= 4 is 35.6 Å². The van der Waals surface area contributed by atoms with Crippen LogP contribution in [0, 0.1) is 0 Å². The summed E-state index contributed by atoms with van der Waals surface area (Å²) < 4.78 is 0. The number of likely N-dealkylation sites (N-methyl/N-ethyl adjacent to an activating group) is 1. The smallest absolute Gasteiger partial charge is 0.193 e. The summed E-state index contributed by atoms with van der Waals surface area (Å²) in [7, 11) is 0. The number of guanidine groups is 1. The first-order valence-corrected chi connectivity index (χ1v) is 8.06. The number of halogens is 1. The number of hydrogen-bond acceptors (Lipinski definition) is 2. The molecule has 4 nitrogen and oxygen atoms in total. The van der Waals surface area contributed by atoms with Gasteiger partial charge in [-0.2, -0.15) is 0 Å². The first-order chi connectivity index (χ1) is 10.2. The molecule has 5 heteroatoms. The van der Waals surface area contributed by atoms with Gasteiger partial charge in [0.1, 0.15) is 0 Å². The summed E-state index contributed by atoms with van der Waals surface area (Å²) in [5.74, 6) is 0.512. The second-order valence-corrected chi connectivity index (χ2v) is 5.08. The van der Waals surface area contributed by atoms with Gasteiger partial charge < -0.3 is 16.0 Å². The van der Waals surface area contributed by atoms with Gasteiger partial charge in [0, 0.05) is 12.2 Å². The van der Waals surface area contributed by atoms with Crippen molar-refractivity contribution in [2.24, 2.45) is 10.7 Å². The average Bonchev–Trinajstić information content (AvgIpc) is 2.51. The Kier molecular flexibility index (Phi) is 11.3. The number of aliphatic imine (C=N–C) groups is 1. The maximum absolute atomic E-state index is 6.04. The Morgan fingerprint density at radius 1 is 1.09 bits per heavy atom. The predicted octanol–water partition coefficient (Wildman–Crippen LogP) is 3.50. The fraction of sp³-hybridized carbons (Fsp3) is 0.588. The van der Waals surface area contributed by atoms with Gasteiger partial charge in [-0.05, 0) is 37.1 Å². The van der Waals surface area contributed by atoms with Gasteiger partial charge in [-0.25, -0.2) is 0 Å². The highest BCUT2D eigenvalue weighted by Gasteiger charge is 2.07. The van der Waals surface area contributed by atoms with Gasteiger partial charge in [0.25, 0.3) is 0 Å². The van der Waals surface area contributed by atoms with E-state index in [1.807, 2.05) is 0 Å². The largest absolute Gasteiger partial charge is 0.370 e. The van der Waals surface area contributed by atoms with Crippen molar-refractivity contribution in [1.29, 1.82) is 0 Å². The standard InChI is InChI=1S/C17H30N4.HI/c1-5-14-10-9-11-15(6-2)16(14)20-17(18)19-12-13-21(7-3)8-4;/h9-11H,5-8,12-13H2,1-4H3,(H3,18,19,20);1H. The van der Waals surface area contributed by atoms with Crippen LogP contribution < -0.4 is 11.1 Å². The second kappa shape index (κ2) is 11.7. The predicted molar refractivity (Wildman–Crippen MR) is 109 cm³/mol. The summed E-state index contributed by atoms with van der Waals surface area (Å²) in [6.07, 6.45) is 1.98. The maximum atomic E-state index is 6.04. The Balaban J connectivity index is 0.00000441. The molecule has 1 aromatic rings. The molecule has 0 heterocycles. The zero-order valence-corrected chi connectivity index (χ0v) is 16.7. The van der Waals surface area contributed by atoms with Crippen molar-refractivity contribution in [3.63, 3.8) is 0 Å². The SMILES string of the molecule is CCc1cccc(CC)c1NC(N)=NCCN(CC)CC.I. The van der Waals surface area contributed by atoms with E-state index in [2.05, 4.69) is 61.1 Å². The molecule has 0 aliphatic heterocycles. The Hall–Kier alpha value is -0.820. The van der Waals surface area contributed by atoms with E-state index in [0.29, 0.717) is 5.96 Å². The molecule has 0 aromatic heterocycles. The van der Waals surface area contributed by atoms with Gasteiger partial charge in [0.05, 0.1) is 6.54 Å². The number of hydrogen-bond donors (Lipinski definition) is 2. The van der Waals surface area contributed by atoms with E-state index < -0.39 is 0 Å². The van der Waals surface area contributed by atoms with E-state index >= 15 is 0 Å². The first kappa shape index (κ1) is 21.2. The Labute approximate surface area is 152 Å². The number of nitrogens with zero attached hydrogens (tertiary/aromatic N) is 2. The zero-order chi connectivity index (χ0) is 15.7. The second-order valence-electron chi connectivity index (χ2n) is 5.08. The maximum Gasteiger partial charge on any atom is 0.193 e. The highest BCUT2D eigenvalue weighted by atomic mass is 127. The summed E-state index contributed by atoms with van der Waals surface area (Å²) >= 11 is 0. The van der Waals surface area contributed by atoms with Gasteiger partial charge in [0.15, 0.2) is 5.96 Å². The number of aryl methyl sites for hydroxylation is 2. The normalized spacial score (nSPS) is 11.4. The monoisotopic (exact) mass is 418 g/mol. The molecule has 126 valence electrons. The fourth-order valence-electron chi connectivity index (χ4n) is 2.42. The molecule has 0 aliphatic carbocycles. The average molecular weight is 418 g/mol. The molecule has 0 amide bonds. The quantitative estimate of drug-likeness (QED) is 0.386. The lowest BCUT2D eigenvalue weighted by Gasteiger charge is -2.17. The molecule has 0 spiro atoms. The third-order valence-corrected chi connectivity index (χ3v) is 3.84. The van der Waals surface area contributed by atoms with Crippen LogP contribution in [0.15, 0.2) is 23.2 Å². The Morgan fingerprint density at radius 3 is 2.09 bits per heavy atom. The molecule has 1 aromatic carbocycles. The van der Waals surface area contributed by atoms with Crippen LogP contribution in [0.4, 0.5) is 5.69 Å². The Bertz CT molecular complexity index is 434. The van der Waals surface area contributed by atoms with Crippen LogP contribution in [0.1, 0.15) is 38.8 Å². The number of rotatable bonds is 8. The van der Waals surface area contributed by atoms with Crippen LogP contribution in [-0.2, 0) is 12.8 Å². The highest BCUT2D eigenvalue weighted by Crippen LogP contribution is 2.22. The molecule has 1 rings (SSSR count). The third-order valence-electron chi connectivity index (χ3n) is 3.84. The van der Waals surface area contributed by atoms with Gasteiger partial charge in [0.2, 0.25) is 0 Å². The molecular formula is C17H31IN4.